The van der Waals surface area contributed by atoms with E-state index in [9.17, 15) is 13.2 Å². The van der Waals surface area contributed by atoms with Crippen LogP contribution in [0.15, 0.2) is 11.2 Å². The van der Waals surface area contributed by atoms with Crippen LogP contribution in [0.25, 0.3) is 0 Å². The molecule has 2 rings (SSSR count). The first-order valence-corrected chi connectivity index (χ1v) is 8.18. The number of nitrogens with one attached hydrogen (secondary N) is 2. The molecule has 0 radical (unpaired) electrons. The van der Waals surface area contributed by atoms with Crippen LogP contribution in [0.1, 0.15) is 25.6 Å². The molecule has 0 saturated carbocycles. The van der Waals surface area contributed by atoms with Crippen molar-refractivity contribution >= 4 is 15.9 Å². The number of nitrogens with zero attached hydrogens (tertiary/aromatic N) is 2. The number of imidazole rings is 1. The second kappa shape index (κ2) is 5.92. The molecule has 0 aliphatic carbocycles. The van der Waals surface area contributed by atoms with Crippen molar-refractivity contribution in [1.29, 1.82) is 0 Å². The minimum Gasteiger partial charge on any atom is -0.359 e. The molecular formula is C12H20N4O3S. The highest BCUT2D eigenvalue weighted by Crippen LogP contribution is 2.23. The van der Waals surface area contributed by atoms with Gasteiger partial charge in [-0.2, -0.15) is 4.31 Å². The van der Waals surface area contributed by atoms with Crippen LogP contribution in [-0.4, -0.2) is 48.7 Å². The molecule has 1 saturated heterocycles. The number of aromatic nitrogens is 2. The van der Waals surface area contributed by atoms with Crippen molar-refractivity contribution in [2.75, 3.05) is 20.1 Å². The number of aromatic amines is 1. The summed E-state index contributed by atoms with van der Waals surface area (Å²) in [6.45, 7) is 2.57. The third kappa shape index (κ3) is 2.85. The summed E-state index contributed by atoms with van der Waals surface area (Å²) in [7, 11) is -2.02. The Bertz CT molecular complexity index is 581. The number of rotatable bonds is 4. The lowest BCUT2D eigenvalue weighted by atomic mass is 9.99. The summed E-state index contributed by atoms with van der Waals surface area (Å²) in [4.78, 5) is 18.5. The largest absolute Gasteiger partial charge is 0.359 e. The van der Waals surface area contributed by atoms with E-state index >= 15 is 0 Å². The van der Waals surface area contributed by atoms with E-state index in [4.69, 9.17) is 0 Å². The van der Waals surface area contributed by atoms with Crippen LogP contribution in [0.5, 0.6) is 0 Å². The number of aryl methyl sites for hydroxylation is 1. The quantitative estimate of drug-likeness (QED) is 0.825. The van der Waals surface area contributed by atoms with Crippen molar-refractivity contribution in [3.05, 3.63) is 12.0 Å². The van der Waals surface area contributed by atoms with Gasteiger partial charge in [-0.3, -0.25) is 4.79 Å². The number of sulfonamides is 1. The second-order valence-electron chi connectivity index (χ2n) is 4.86. The molecule has 1 aromatic heterocycles. The molecule has 1 fully saturated rings. The molecule has 2 heterocycles. The molecule has 2 N–H and O–H groups in total. The Balaban J connectivity index is 2.18. The Morgan fingerprint density at radius 3 is 2.95 bits per heavy atom. The average Bonchev–Trinajstić information content (AvgIpc) is 2.96. The molecular weight excluding hydrogens is 280 g/mol. The van der Waals surface area contributed by atoms with Gasteiger partial charge in [-0.05, 0) is 12.8 Å². The van der Waals surface area contributed by atoms with Crippen molar-refractivity contribution in [3.8, 4) is 0 Å². The molecule has 1 amide bonds. The maximum absolute atomic E-state index is 12.5. The molecule has 112 valence electrons. The summed E-state index contributed by atoms with van der Waals surface area (Å²) in [5, 5.41) is 2.68. The number of hydrogen-bond donors (Lipinski definition) is 2. The molecule has 0 bridgehead atoms. The topological polar surface area (TPSA) is 95.2 Å². The van der Waals surface area contributed by atoms with E-state index in [1.165, 1.54) is 10.5 Å². The zero-order chi connectivity index (χ0) is 14.8. The molecule has 0 aromatic carbocycles. The first-order chi connectivity index (χ1) is 9.48. The Labute approximate surface area is 118 Å². The number of carbonyl (C=O) groups is 1. The van der Waals surface area contributed by atoms with Crippen LogP contribution in [0, 0.1) is 5.92 Å². The fraction of sp³-hybridized carbons (Fsp3) is 0.667. The fourth-order valence-corrected chi connectivity index (χ4v) is 3.83. The van der Waals surface area contributed by atoms with Crippen LogP contribution in [0.2, 0.25) is 0 Å². The third-order valence-corrected chi connectivity index (χ3v) is 5.33. The van der Waals surface area contributed by atoms with Crippen molar-refractivity contribution in [1.82, 2.24) is 19.6 Å². The molecule has 1 unspecified atom stereocenters. The Kier molecular flexibility index (Phi) is 4.44. The van der Waals surface area contributed by atoms with Gasteiger partial charge in [0.05, 0.1) is 12.1 Å². The van der Waals surface area contributed by atoms with E-state index in [0.29, 0.717) is 25.2 Å². The molecule has 1 aliphatic rings. The Morgan fingerprint density at radius 2 is 2.35 bits per heavy atom. The lowest BCUT2D eigenvalue weighted by Crippen LogP contribution is -2.44. The van der Waals surface area contributed by atoms with Crippen LogP contribution >= 0.6 is 0 Å². The van der Waals surface area contributed by atoms with E-state index in [1.807, 2.05) is 6.92 Å². The second-order valence-corrected chi connectivity index (χ2v) is 6.77. The molecule has 1 atom stereocenters. The van der Waals surface area contributed by atoms with Crippen LogP contribution in [0.4, 0.5) is 0 Å². The Hall–Kier alpha value is -1.41. The lowest BCUT2D eigenvalue weighted by Gasteiger charge is -2.30. The summed E-state index contributed by atoms with van der Waals surface area (Å²) in [5.74, 6) is 0.254. The summed E-state index contributed by atoms with van der Waals surface area (Å²) in [6, 6.07) is 0. The molecule has 8 heteroatoms. The number of amides is 1. The number of H-pyrrole nitrogens is 1. The van der Waals surface area contributed by atoms with Gasteiger partial charge in [-0.15, -0.1) is 0 Å². The SMILES string of the molecule is CCc1ncc(S(=O)(=O)N2CCCC(C(=O)NC)C2)[nH]1. The monoisotopic (exact) mass is 300 g/mol. The Morgan fingerprint density at radius 1 is 1.60 bits per heavy atom. The predicted octanol–water partition coefficient (Wildman–Crippen LogP) is 0.119. The van der Waals surface area contributed by atoms with E-state index in [-0.39, 0.29) is 23.4 Å². The van der Waals surface area contributed by atoms with Gasteiger partial charge in [0.15, 0.2) is 5.03 Å². The number of piperidine rings is 1. The smallest absolute Gasteiger partial charge is 0.260 e. The standard InChI is InChI=1S/C12H20N4O3S/c1-3-10-14-7-11(15-10)20(18,19)16-6-4-5-9(8-16)12(17)13-2/h7,9H,3-6,8H2,1-2H3,(H,13,17)(H,14,15). The predicted molar refractivity (Wildman–Crippen MR) is 73.5 cm³/mol. The number of carbonyl (C=O) groups excluding carboxylic acids is 1. The van der Waals surface area contributed by atoms with E-state index in [2.05, 4.69) is 15.3 Å². The maximum atomic E-state index is 12.5. The van der Waals surface area contributed by atoms with Crippen molar-refractivity contribution < 1.29 is 13.2 Å². The van der Waals surface area contributed by atoms with Gasteiger partial charge in [0.1, 0.15) is 5.82 Å². The summed E-state index contributed by atoms with van der Waals surface area (Å²) >= 11 is 0. The van der Waals surface area contributed by atoms with Crippen molar-refractivity contribution in [2.45, 2.75) is 31.2 Å². The highest BCUT2D eigenvalue weighted by molar-refractivity contribution is 7.89. The van der Waals surface area contributed by atoms with Gasteiger partial charge in [-0.1, -0.05) is 6.92 Å². The van der Waals surface area contributed by atoms with Crippen molar-refractivity contribution in [3.63, 3.8) is 0 Å². The molecule has 0 spiro atoms. The van der Waals surface area contributed by atoms with Gasteiger partial charge >= 0.3 is 0 Å². The summed E-state index contributed by atoms with van der Waals surface area (Å²) in [5.41, 5.74) is 0. The minimum absolute atomic E-state index is 0.104. The maximum Gasteiger partial charge on any atom is 0.260 e. The third-order valence-electron chi connectivity index (χ3n) is 3.56. The van der Waals surface area contributed by atoms with Crippen LogP contribution < -0.4 is 5.32 Å². The van der Waals surface area contributed by atoms with E-state index in [1.54, 1.807) is 7.05 Å². The minimum atomic E-state index is -3.59. The van der Waals surface area contributed by atoms with E-state index in [0.717, 1.165) is 6.42 Å². The van der Waals surface area contributed by atoms with Gasteiger partial charge < -0.3 is 10.3 Å². The number of hydrogen-bond acceptors (Lipinski definition) is 4. The normalized spacial score (nSPS) is 20.8. The molecule has 20 heavy (non-hydrogen) atoms. The molecule has 1 aromatic rings. The zero-order valence-electron chi connectivity index (χ0n) is 11.7. The highest BCUT2D eigenvalue weighted by Gasteiger charge is 2.33. The molecule has 1 aliphatic heterocycles. The highest BCUT2D eigenvalue weighted by atomic mass is 32.2. The van der Waals surface area contributed by atoms with Crippen LogP contribution in [-0.2, 0) is 21.2 Å². The van der Waals surface area contributed by atoms with Gasteiger partial charge in [0.25, 0.3) is 10.0 Å². The average molecular weight is 300 g/mol. The van der Waals surface area contributed by atoms with E-state index < -0.39 is 10.0 Å². The van der Waals surface area contributed by atoms with Crippen molar-refractivity contribution in [2.24, 2.45) is 5.92 Å². The summed E-state index contributed by atoms with van der Waals surface area (Å²) in [6.07, 6.45) is 3.40. The zero-order valence-corrected chi connectivity index (χ0v) is 12.5. The first-order valence-electron chi connectivity index (χ1n) is 6.74. The summed E-state index contributed by atoms with van der Waals surface area (Å²) < 4.78 is 26.4. The fourth-order valence-electron chi connectivity index (χ4n) is 2.37. The first kappa shape index (κ1) is 15.0. The van der Waals surface area contributed by atoms with Gasteiger partial charge in [0.2, 0.25) is 5.91 Å². The molecule has 7 nitrogen and oxygen atoms in total. The lowest BCUT2D eigenvalue weighted by molar-refractivity contribution is -0.125. The van der Waals surface area contributed by atoms with Crippen LogP contribution in [0.3, 0.4) is 0 Å². The van der Waals surface area contributed by atoms with Gasteiger partial charge in [-0.25, -0.2) is 13.4 Å². The van der Waals surface area contributed by atoms with Gasteiger partial charge in [0, 0.05) is 26.6 Å².